The molecule has 148 valence electrons. The molecule has 1 heterocycles. The maximum atomic E-state index is 12.6. The molecule has 0 radical (unpaired) electrons. The molecule has 3 aromatic carbocycles. The second-order valence-corrected chi connectivity index (χ2v) is 9.58. The third-order valence-corrected chi connectivity index (χ3v) is 7.42. The van der Waals surface area contributed by atoms with E-state index in [9.17, 15) is 8.42 Å². The van der Waals surface area contributed by atoms with Crippen molar-refractivity contribution in [3.05, 3.63) is 70.7 Å². The van der Waals surface area contributed by atoms with Crippen LogP contribution in [-0.2, 0) is 10.0 Å². The third-order valence-electron chi connectivity index (χ3n) is 4.17. The number of nitrogens with one attached hydrogen (secondary N) is 1. The second kappa shape index (κ2) is 7.84. The lowest BCUT2D eigenvalue weighted by Crippen LogP contribution is -2.13. The predicted octanol–water partition coefficient (Wildman–Crippen LogP) is 6.08. The molecule has 0 amide bonds. The minimum atomic E-state index is -3.83. The fourth-order valence-corrected chi connectivity index (χ4v) is 5.70. The Morgan fingerprint density at radius 1 is 1.00 bits per heavy atom. The van der Waals surface area contributed by atoms with E-state index in [1.165, 1.54) is 23.5 Å². The molecular formula is C20H14Cl2N2O3S2. The van der Waals surface area contributed by atoms with E-state index in [1.54, 1.807) is 37.4 Å². The quantitative estimate of drug-likeness (QED) is 0.388. The van der Waals surface area contributed by atoms with Crippen molar-refractivity contribution in [2.45, 2.75) is 4.90 Å². The summed E-state index contributed by atoms with van der Waals surface area (Å²) in [5, 5.41) is 1.27. The van der Waals surface area contributed by atoms with Crippen molar-refractivity contribution in [3.63, 3.8) is 0 Å². The summed E-state index contributed by atoms with van der Waals surface area (Å²) in [6, 6.07) is 16.8. The fourth-order valence-electron chi connectivity index (χ4n) is 2.77. The average molecular weight is 465 g/mol. The number of anilines is 1. The van der Waals surface area contributed by atoms with Gasteiger partial charge in [-0.15, -0.1) is 11.3 Å². The van der Waals surface area contributed by atoms with E-state index < -0.39 is 10.0 Å². The lowest BCUT2D eigenvalue weighted by Gasteiger charge is -2.10. The van der Waals surface area contributed by atoms with E-state index in [-0.39, 0.29) is 9.92 Å². The number of rotatable bonds is 5. The Labute approximate surface area is 181 Å². The van der Waals surface area contributed by atoms with Gasteiger partial charge in [0.1, 0.15) is 15.7 Å². The van der Waals surface area contributed by atoms with Gasteiger partial charge in [0.2, 0.25) is 0 Å². The van der Waals surface area contributed by atoms with Gasteiger partial charge in [-0.3, -0.25) is 4.72 Å². The topological polar surface area (TPSA) is 68.3 Å². The highest BCUT2D eigenvalue weighted by atomic mass is 35.5. The smallest absolute Gasteiger partial charge is 0.263 e. The first-order chi connectivity index (χ1) is 13.9. The van der Waals surface area contributed by atoms with Gasteiger partial charge in [0, 0.05) is 5.56 Å². The minimum absolute atomic E-state index is 0.00184. The van der Waals surface area contributed by atoms with Crippen LogP contribution in [0.5, 0.6) is 5.75 Å². The van der Waals surface area contributed by atoms with Gasteiger partial charge < -0.3 is 4.74 Å². The Kier molecular flexibility index (Phi) is 5.40. The molecule has 0 spiro atoms. The van der Waals surface area contributed by atoms with Gasteiger partial charge >= 0.3 is 0 Å². The van der Waals surface area contributed by atoms with E-state index in [4.69, 9.17) is 27.9 Å². The molecule has 0 saturated carbocycles. The number of sulfonamides is 1. The molecule has 1 N–H and O–H groups in total. The van der Waals surface area contributed by atoms with Crippen LogP contribution in [0.1, 0.15) is 0 Å². The van der Waals surface area contributed by atoms with Gasteiger partial charge in [0.25, 0.3) is 10.0 Å². The highest BCUT2D eigenvalue weighted by Gasteiger charge is 2.18. The maximum absolute atomic E-state index is 12.6. The fraction of sp³-hybridized carbons (Fsp3) is 0.0500. The van der Waals surface area contributed by atoms with Crippen LogP contribution in [0.2, 0.25) is 10.0 Å². The summed E-state index contributed by atoms with van der Waals surface area (Å²) < 4.78 is 33.9. The molecule has 0 fully saturated rings. The average Bonchev–Trinajstić information content (AvgIpc) is 3.10. The zero-order valence-electron chi connectivity index (χ0n) is 15.0. The molecule has 0 unspecified atom stereocenters. The van der Waals surface area contributed by atoms with Gasteiger partial charge in [-0.1, -0.05) is 35.3 Å². The highest BCUT2D eigenvalue weighted by molar-refractivity contribution is 7.92. The van der Waals surface area contributed by atoms with E-state index in [0.717, 1.165) is 21.0 Å². The van der Waals surface area contributed by atoms with E-state index in [0.29, 0.717) is 16.3 Å². The number of aromatic nitrogens is 1. The van der Waals surface area contributed by atoms with Crippen molar-refractivity contribution < 1.29 is 13.2 Å². The summed E-state index contributed by atoms with van der Waals surface area (Å²) in [4.78, 5) is 4.61. The largest absolute Gasteiger partial charge is 0.497 e. The maximum Gasteiger partial charge on any atom is 0.263 e. The normalized spacial score (nSPS) is 11.6. The molecular weight excluding hydrogens is 451 g/mol. The van der Waals surface area contributed by atoms with Gasteiger partial charge in [0.05, 0.1) is 33.1 Å². The van der Waals surface area contributed by atoms with Crippen molar-refractivity contribution >= 4 is 60.5 Å². The Hall–Kier alpha value is -2.32. The van der Waals surface area contributed by atoms with Crippen molar-refractivity contribution in [2.75, 3.05) is 11.8 Å². The summed E-state index contributed by atoms with van der Waals surface area (Å²) >= 11 is 13.9. The van der Waals surface area contributed by atoms with Crippen molar-refractivity contribution in [1.82, 2.24) is 4.98 Å². The zero-order chi connectivity index (χ0) is 20.6. The Bertz CT molecular complexity index is 1320. The van der Waals surface area contributed by atoms with Crippen molar-refractivity contribution in [2.24, 2.45) is 0 Å². The highest BCUT2D eigenvalue weighted by Crippen LogP contribution is 2.37. The Morgan fingerprint density at radius 3 is 2.52 bits per heavy atom. The lowest BCUT2D eigenvalue weighted by molar-refractivity contribution is 0.415. The van der Waals surface area contributed by atoms with Gasteiger partial charge in [-0.25, -0.2) is 13.4 Å². The third kappa shape index (κ3) is 4.04. The molecule has 9 heteroatoms. The zero-order valence-corrected chi connectivity index (χ0v) is 18.2. The molecule has 29 heavy (non-hydrogen) atoms. The van der Waals surface area contributed by atoms with E-state index in [2.05, 4.69) is 9.71 Å². The molecule has 0 aliphatic carbocycles. The van der Waals surface area contributed by atoms with Crippen LogP contribution >= 0.6 is 34.5 Å². The number of thiazole rings is 1. The van der Waals surface area contributed by atoms with Gasteiger partial charge in [0.15, 0.2) is 0 Å². The van der Waals surface area contributed by atoms with Crippen LogP contribution in [0, 0.1) is 0 Å². The summed E-state index contributed by atoms with van der Waals surface area (Å²) in [6.45, 7) is 0. The number of hydrogen-bond acceptors (Lipinski definition) is 5. The van der Waals surface area contributed by atoms with Crippen LogP contribution in [-0.4, -0.2) is 20.5 Å². The molecule has 0 saturated heterocycles. The summed E-state index contributed by atoms with van der Waals surface area (Å²) in [5.74, 6) is 0.753. The van der Waals surface area contributed by atoms with Crippen LogP contribution in [0.4, 0.5) is 5.69 Å². The van der Waals surface area contributed by atoms with Crippen LogP contribution in [0.25, 0.3) is 20.8 Å². The molecule has 0 atom stereocenters. The lowest BCUT2D eigenvalue weighted by atomic mass is 10.2. The van der Waals surface area contributed by atoms with Crippen molar-refractivity contribution in [3.8, 4) is 16.3 Å². The van der Waals surface area contributed by atoms with Crippen LogP contribution in [0.3, 0.4) is 0 Å². The molecule has 4 rings (SSSR count). The summed E-state index contributed by atoms with van der Waals surface area (Å²) in [5.41, 5.74) is 1.89. The molecule has 0 aliphatic rings. The van der Waals surface area contributed by atoms with Crippen LogP contribution < -0.4 is 9.46 Å². The first-order valence-corrected chi connectivity index (χ1v) is 11.4. The Morgan fingerprint density at radius 2 is 1.79 bits per heavy atom. The van der Waals surface area contributed by atoms with Crippen molar-refractivity contribution in [1.29, 1.82) is 0 Å². The second-order valence-electron chi connectivity index (χ2n) is 6.08. The first kappa shape index (κ1) is 20.0. The van der Waals surface area contributed by atoms with E-state index >= 15 is 0 Å². The number of benzene rings is 3. The summed E-state index contributed by atoms with van der Waals surface area (Å²) in [6.07, 6.45) is 0. The number of nitrogens with zero attached hydrogens (tertiary/aromatic N) is 1. The summed E-state index contributed by atoms with van der Waals surface area (Å²) in [7, 11) is -2.22. The number of ether oxygens (including phenoxy) is 1. The monoisotopic (exact) mass is 464 g/mol. The minimum Gasteiger partial charge on any atom is -0.497 e. The van der Waals surface area contributed by atoms with E-state index in [1.807, 2.05) is 18.2 Å². The number of fused-ring (bicyclic) bond motifs is 1. The molecule has 0 aliphatic heterocycles. The van der Waals surface area contributed by atoms with Crippen LogP contribution in [0.15, 0.2) is 65.6 Å². The number of halogens is 2. The SMILES string of the molecule is COc1ccc2nc(-c3ccc(NS(=O)(=O)c4ccccc4Cl)cc3Cl)sc2c1. The number of hydrogen-bond donors (Lipinski definition) is 1. The first-order valence-electron chi connectivity index (χ1n) is 8.39. The number of methoxy groups -OCH3 is 1. The molecule has 0 bridgehead atoms. The molecule has 4 aromatic rings. The van der Waals surface area contributed by atoms with Gasteiger partial charge in [-0.2, -0.15) is 0 Å². The predicted molar refractivity (Wildman–Crippen MR) is 119 cm³/mol. The standard InChI is InChI=1S/C20H14Cl2N2O3S2/c1-27-13-7-9-17-18(11-13)28-20(23-17)14-8-6-12(10-16(14)22)24-29(25,26)19-5-3-2-4-15(19)21/h2-11,24H,1H3. The van der Waals surface area contributed by atoms with Gasteiger partial charge in [-0.05, 0) is 48.5 Å². The molecule has 1 aromatic heterocycles. The Balaban J connectivity index is 1.66. The molecule has 5 nitrogen and oxygen atoms in total.